The highest BCUT2D eigenvalue weighted by Crippen LogP contribution is 2.29. The topological polar surface area (TPSA) is 9.23 Å². The average molecular weight is 258 g/mol. The SMILES string of the molecule is C#Cc1ccc(-c2ccc(OCC)c(F)c2F)cc1. The molecule has 2 aromatic rings. The summed E-state index contributed by atoms with van der Waals surface area (Å²) >= 11 is 0. The maximum atomic E-state index is 14.0. The lowest BCUT2D eigenvalue weighted by Gasteiger charge is -2.09. The minimum atomic E-state index is -0.972. The van der Waals surface area contributed by atoms with Crippen molar-refractivity contribution in [3.8, 4) is 29.2 Å². The second kappa shape index (κ2) is 5.53. The first-order chi connectivity index (χ1) is 9.17. The lowest BCUT2D eigenvalue weighted by atomic mass is 10.0. The fourth-order valence-electron chi connectivity index (χ4n) is 1.77. The largest absolute Gasteiger partial charge is 0.491 e. The maximum Gasteiger partial charge on any atom is 0.201 e. The van der Waals surface area contributed by atoms with Gasteiger partial charge in [0.05, 0.1) is 6.61 Å². The molecular weight excluding hydrogens is 246 g/mol. The Balaban J connectivity index is 2.45. The Hall–Kier alpha value is -2.34. The van der Waals surface area contributed by atoms with Crippen molar-refractivity contribution < 1.29 is 13.5 Å². The monoisotopic (exact) mass is 258 g/mol. The van der Waals surface area contributed by atoms with E-state index in [0.717, 1.165) is 0 Å². The number of ether oxygens (including phenoxy) is 1. The predicted molar refractivity (Wildman–Crippen MR) is 70.9 cm³/mol. The molecule has 0 aromatic heterocycles. The van der Waals surface area contributed by atoms with Crippen LogP contribution in [0.4, 0.5) is 8.78 Å². The van der Waals surface area contributed by atoms with Crippen molar-refractivity contribution in [2.75, 3.05) is 6.61 Å². The van der Waals surface area contributed by atoms with Gasteiger partial charge in [-0.05, 0) is 36.8 Å². The van der Waals surface area contributed by atoms with Gasteiger partial charge in [0.2, 0.25) is 5.82 Å². The highest BCUT2D eigenvalue weighted by Gasteiger charge is 2.15. The van der Waals surface area contributed by atoms with Crippen LogP contribution in [0.15, 0.2) is 36.4 Å². The molecule has 0 aliphatic rings. The van der Waals surface area contributed by atoms with Gasteiger partial charge in [0.1, 0.15) is 0 Å². The Morgan fingerprint density at radius 3 is 2.32 bits per heavy atom. The second-order valence-corrected chi connectivity index (χ2v) is 3.89. The molecule has 0 heterocycles. The van der Waals surface area contributed by atoms with E-state index in [1.165, 1.54) is 12.1 Å². The molecule has 1 nitrogen and oxygen atoms in total. The minimum absolute atomic E-state index is 0.0796. The lowest BCUT2D eigenvalue weighted by molar-refractivity contribution is 0.314. The summed E-state index contributed by atoms with van der Waals surface area (Å²) in [5.74, 6) is 0.501. The van der Waals surface area contributed by atoms with Crippen molar-refractivity contribution in [1.82, 2.24) is 0 Å². The summed E-state index contributed by atoms with van der Waals surface area (Å²) in [7, 11) is 0. The molecule has 0 N–H and O–H groups in total. The molecule has 0 atom stereocenters. The van der Waals surface area contributed by atoms with E-state index in [1.54, 1.807) is 31.2 Å². The first kappa shape index (κ1) is 13.1. The van der Waals surface area contributed by atoms with Crippen molar-refractivity contribution in [3.05, 3.63) is 53.6 Å². The summed E-state index contributed by atoms with van der Waals surface area (Å²) in [5.41, 5.74) is 1.44. The molecule has 0 saturated heterocycles. The standard InChI is InChI=1S/C16H12F2O/c1-3-11-5-7-12(8-6-11)13-9-10-14(19-4-2)16(18)15(13)17/h1,5-10H,4H2,2H3. The van der Waals surface area contributed by atoms with Crippen LogP contribution in [0.5, 0.6) is 5.75 Å². The lowest BCUT2D eigenvalue weighted by Crippen LogP contribution is -1.98. The quantitative estimate of drug-likeness (QED) is 0.756. The second-order valence-electron chi connectivity index (χ2n) is 3.89. The molecule has 2 aromatic carbocycles. The molecule has 0 radical (unpaired) electrons. The van der Waals surface area contributed by atoms with E-state index in [9.17, 15) is 8.78 Å². The van der Waals surface area contributed by atoms with Crippen LogP contribution in [0.2, 0.25) is 0 Å². The van der Waals surface area contributed by atoms with Gasteiger partial charge >= 0.3 is 0 Å². The third-order valence-corrected chi connectivity index (χ3v) is 2.71. The minimum Gasteiger partial charge on any atom is -0.491 e. The fourth-order valence-corrected chi connectivity index (χ4v) is 1.77. The van der Waals surface area contributed by atoms with Crippen molar-refractivity contribution in [3.63, 3.8) is 0 Å². The fraction of sp³-hybridized carbons (Fsp3) is 0.125. The predicted octanol–water partition coefficient (Wildman–Crippen LogP) is 4.01. The molecule has 96 valence electrons. The van der Waals surface area contributed by atoms with Gasteiger partial charge in [-0.15, -0.1) is 6.42 Å². The van der Waals surface area contributed by atoms with Crippen molar-refractivity contribution in [2.24, 2.45) is 0 Å². The first-order valence-corrected chi connectivity index (χ1v) is 5.85. The van der Waals surface area contributed by atoms with E-state index in [4.69, 9.17) is 11.2 Å². The molecule has 0 bridgehead atoms. The van der Waals surface area contributed by atoms with Crippen molar-refractivity contribution in [1.29, 1.82) is 0 Å². The number of hydrogen-bond donors (Lipinski definition) is 0. The molecule has 0 unspecified atom stereocenters. The Morgan fingerprint density at radius 1 is 1.05 bits per heavy atom. The van der Waals surface area contributed by atoms with Gasteiger partial charge in [0.25, 0.3) is 0 Å². The number of rotatable bonds is 3. The molecule has 0 amide bonds. The summed E-state index contributed by atoms with van der Waals surface area (Å²) in [6.07, 6.45) is 5.25. The molecule has 2 rings (SSSR count). The van der Waals surface area contributed by atoms with Crippen LogP contribution in [0.25, 0.3) is 11.1 Å². The zero-order chi connectivity index (χ0) is 13.8. The van der Waals surface area contributed by atoms with E-state index in [0.29, 0.717) is 11.1 Å². The van der Waals surface area contributed by atoms with Crippen LogP contribution < -0.4 is 4.74 Å². The van der Waals surface area contributed by atoms with Gasteiger partial charge in [-0.1, -0.05) is 18.1 Å². The summed E-state index contributed by atoms with van der Waals surface area (Å²) < 4.78 is 32.7. The Labute approximate surface area is 110 Å². The molecule has 3 heteroatoms. The van der Waals surface area contributed by atoms with Gasteiger partial charge in [0, 0.05) is 11.1 Å². The summed E-state index contributed by atoms with van der Waals surface area (Å²) in [6, 6.07) is 9.60. The van der Waals surface area contributed by atoms with Crippen LogP contribution >= 0.6 is 0 Å². The van der Waals surface area contributed by atoms with Gasteiger partial charge in [-0.25, -0.2) is 4.39 Å². The van der Waals surface area contributed by atoms with E-state index < -0.39 is 11.6 Å². The molecule has 0 aliphatic heterocycles. The summed E-state index contributed by atoms with van der Waals surface area (Å²) in [6.45, 7) is 2.00. The van der Waals surface area contributed by atoms with Crippen LogP contribution in [0.3, 0.4) is 0 Å². The van der Waals surface area contributed by atoms with E-state index in [2.05, 4.69) is 5.92 Å². The van der Waals surface area contributed by atoms with Crippen LogP contribution in [0.1, 0.15) is 12.5 Å². The normalized spacial score (nSPS) is 10.0. The third kappa shape index (κ3) is 2.58. The van der Waals surface area contributed by atoms with Gasteiger partial charge in [-0.3, -0.25) is 0 Å². The van der Waals surface area contributed by atoms with Crippen LogP contribution in [-0.2, 0) is 0 Å². The maximum absolute atomic E-state index is 14.0. The number of halogens is 2. The zero-order valence-electron chi connectivity index (χ0n) is 10.4. The van der Waals surface area contributed by atoms with Gasteiger partial charge in [-0.2, -0.15) is 4.39 Å². The molecule has 0 spiro atoms. The molecular formula is C16H12F2O. The number of terminal acetylenes is 1. The molecule has 0 aliphatic carbocycles. The smallest absolute Gasteiger partial charge is 0.201 e. The average Bonchev–Trinajstić information content (AvgIpc) is 2.45. The molecule has 19 heavy (non-hydrogen) atoms. The van der Waals surface area contributed by atoms with E-state index in [-0.39, 0.29) is 17.9 Å². The Kier molecular flexibility index (Phi) is 3.82. The van der Waals surface area contributed by atoms with E-state index in [1.807, 2.05) is 0 Å². The highest BCUT2D eigenvalue weighted by molar-refractivity contribution is 5.66. The molecule has 0 fully saturated rings. The summed E-state index contributed by atoms with van der Waals surface area (Å²) in [4.78, 5) is 0. The van der Waals surface area contributed by atoms with Crippen molar-refractivity contribution >= 4 is 0 Å². The summed E-state index contributed by atoms with van der Waals surface area (Å²) in [5, 5.41) is 0. The number of benzene rings is 2. The van der Waals surface area contributed by atoms with Crippen LogP contribution in [0, 0.1) is 24.0 Å². The first-order valence-electron chi connectivity index (χ1n) is 5.85. The molecule has 0 saturated carbocycles. The van der Waals surface area contributed by atoms with Crippen molar-refractivity contribution in [2.45, 2.75) is 6.92 Å². The third-order valence-electron chi connectivity index (χ3n) is 2.71. The van der Waals surface area contributed by atoms with Crippen LogP contribution in [-0.4, -0.2) is 6.61 Å². The number of hydrogen-bond acceptors (Lipinski definition) is 1. The Bertz CT molecular complexity index is 624. The van der Waals surface area contributed by atoms with Gasteiger partial charge in [0.15, 0.2) is 11.6 Å². The Morgan fingerprint density at radius 2 is 1.74 bits per heavy atom. The van der Waals surface area contributed by atoms with E-state index >= 15 is 0 Å². The highest BCUT2D eigenvalue weighted by atomic mass is 19.2. The van der Waals surface area contributed by atoms with Gasteiger partial charge < -0.3 is 4.74 Å². The zero-order valence-corrected chi connectivity index (χ0v) is 10.4.